The minimum atomic E-state index is -0.500. The Morgan fingerprint density at radius 1 is 1.59 bits per heavy atom. The van der Waals surface area contributed by atoms with Crippen LogP contribution >= 0.6 is 0 Å². The maximum Gasteiger partial charge on any atom is 0.242 e. The second-order valence-corrected chi connectivity index (χ2v) is 4.66. The van der Waals surface area contributed by atoms with E-state index in [0.717, 1.165) is 6.42 Å². The Morgan fingerprint density at radius 2 is 2.24 bits per heavy atom. The third-order valence-electron chi connectivity index (χ3n) is 3.54. The fraction of sp³-hybridized carbons (Fsp3) is 0.833. The molecule has 5 nitrogen and oxygen atoms in total. The Balaban J connectivity index is 2.75. The Labute approximate surface area is 103 Å². The second kappa shape index (κ2) is 6.00. The molecule has 0 aliphatic carbocycles. The quantitative estimate of drug-likeness (QED) is 0.733. The molecule has 1 rings (SSSR count). The summed E-state index contributed by atoms with van der Waals surface area (Å²) < 4.78 is 0. The Kier molecular flexibility index (Phi) is 4.93. The normalized spacial score (nSPS) is 24.1. The summed E-state index contributed by atoms with van der Waals surface area (Å²) in [6, 6.07) is -0.855. The molecule has 1 aliphatic heterocycles. The van der Waals surface area contributed by atoms with Gasteiger partial charge in [-0.15, -0.1) is 0 Å². The van der Waals surface area contributed by atoms with Gasteiger partial charge >= 0.3 is 0 Å². The molecule has 2 amide bonds. The van der Waals surface area contributed by atoms with Crippen LogP contribution in [0, 0.1) is 5.92 Å². The van der Waals surface area contributed by atoms with Crippen LogP contribution in [0.25, 0.3) is 0 Å². The van der Waals surface area contributed by atoms with Crippen molar-refractivity contribution in [3.63, 3.8) is 0 Å². The van der Waals surface area contributed by atoms with Crippen molar-refractivity contribution in [2.75, 3.05) is 13.1 Å². The molecule has 1 aliphatic rings. The third kappa shape index (κ3) is 2.97. The van der Waals surface area contributed by atoms with E-state index in [1.54, 1.807) is 4.90 Å². The first kappa shape index (κ1) is 14.0. The highest BCUT2D eigenvalue weighted by atomic mass is 16.2. The van der Waals surface area contributed by atoms with Gasteiger partial charge in [0.25, 0.3) is 0 Å². The van der Waals surface area contributed by atoms with Gasteiger partial charge in [-0.05, 0) is 12.3 Å². The molecule has 17 heavy (non-hydrogen) atoms. The number of piperazine rings is 1. The highest BCUT2D eigenvalue weighted by Gasteiger charge is 2.34. The van der Waals surface area contributed by atoms with E-state index in [2.05, 4.69) is 5.32 Å². The van der Waals surface area contributed by atoms with E-state index < -0.39 is 6.04 Å². The molecular formula is C12H23N3O2. The highest BCUT2D eigenvalue weighted by molar-refractivity contribution is 5.90. The van der Waals surface area contributed by atoms with Gasteiger partial charge in [0.15, 0.2) is 0 Å². The van der Waals surface area contributed by atoms with Gasteiger partial charge < -0.3 is 16.0 Å². The number of nitrogens with zero attached hydrogens (tertiary/aromatic N) is 1. The summed E-state index contributed by atoms with van der Waals surface area (Å²) in [5.41, 5.74) is 5.94. The summed E-state index contributed by atoms with van der Waals surface area (Å²) in [4.78, 5) is 25.5. The summed E-state index contributed by atoms with van der Waals surface area (Å²) in [6.07, 6.45) is 1.49. The van der Waals surface area contributed by atoms with Gasteiger partial charge in [-0.3, -0.25) is 9.59 Å². The van der Waals surface area contributed by atoms with Gasteiger partial charge in [0.2, 0.25) is 11.8 Å². The number of nitrogens with one attached hydrogen (secondary N) is 1. The summed E-state index contributed by atoms with van der Waals surface area (Å²) in [6.45, 7) is 6.97. The van der Waals surface area contributed by atoms with Crippen molar-refractivity contribution >= 4 is 11.8 Å². The standard InChI is InChI=1S/C12H23N3O2/c1-4-8(3)10(13)12(17)15-7-6-14-11(16)9(15)5-2/h8-10H,4-7,13H2,1-3H3,(H,14,16)/t8-,9?,10-/m0/s1. The average molecular weight is 241 g/mol. The Hall–Kier alpha value is -1.10. The summed E-state index contributed by atoms with van der Waals surface area (Å²) in [5.74, 6) is -0.0190. The van der Waals surface area contributed by atoms with Crippen molar-refractivity contribution in [1.82, 2.24) is 10.2 Å². The lowest BCUT2D eigenvalue weighted by molar-refractivity contribution is -0.145. The molecule has 1 unspecified atom stereocenters. The fourth-order valence-electron chi connectivity index (χ4n) is 2.07. The smallest absolute Gasteiger partial charge is 0.242 e. The predicted octanol–water partition coefficient (Wildman–Crippen LogP) is 0.0968. The second-order valence-electron chi connectivity index (χ2n) is 4.66. The summed E-state index contributed by atoms with van der Waals surface area (Å²) in [5, 5.41) is 2.78. The number of rotatable bonds is 4. The maximum absolute atomic E-state index is 12.2. The van der Waals surface area contributed by atoms with Gasteiger partial charge in [0.1, 0.15) is 6.04 Å². The maximum atomic E-state index is 12.2. The Bertz CT molecular complexity index is 293. The number of hydrogen-bond donors (Lipinski definition) is 2. The van der Waals surface area contributed by atoms with Crippen LogP contribution in [-0.2, 0) is 9.59 Å². The molecule has 0 aromatic carbocycles. The number of carbonyl (C=O) groups excluding carboxylic acids is 2. The van der Waals surface area contributed by atoms with Crippen LogP contribution in [0.2, 0.25) is 0 Å². The van der Waals surface area contributed by atoms with Crippen molar-refractivity contribution in [3.8, 4) is 0 Å². The number of hydrogen-bond acceptors (Lipinski definition) is 3. The lowest BCUT2D eigenvalue weighted by atomic mass is 9.97. The Morgan fingerprint density at radius 3 is 2.76 bits per heavy atom. The lowest BCUT2D eigenvalue weighted by Gasteiger charge is -2.37. The summed E-state index contributed by atoms with van der Waals surface area (Å²) >= 11 is 0. The minimum absolute atomic E-state index is 0.0662. The van der Waals surface area contributed by atoms with Crippen molar-refractivity contribution in [2.45, 2.75) is 45.7 Å². The highest BCUT2D eigenvalue weighted by Crippen LogP contribution is 2.14. The van der Waals surface area contributed by atoms with E-state index in [1.807, 2.05) is 20.8 Å². The molecule has 3 atom stereocenters. The minimum Gasteiger partial charge on any atom is -0.353 e. The van der Waals surface area contributed by atoms with Crippen molar-refractivity contribution in [3.05, 3.63) is 0 Å². The first-order valence-corrected chi connectivity index (χ1v) is 6.36. The summed E-state index contributed by atoms with van der Waals surface area (Å²) in [7, 11) is 0. The molecule has 1 saturated heterocycles. The van der Waals surface area contributed by atoms with Gasteiger partial charge in [0, 0.05) is 13.1 Å². The predicted molar refractivity (Wildman–Crippen MR) is 66.2 cm³/mol. The first-order chi connectivity index (χ1) is 8.02. The molecule has 1 fully saturated rings. The molecule has 1 heterocycles. The lowest BCUT2D eigenvalue weighted by Crippen LogP contribution is -2.60. The largest absolute Gasteiger partial charge is 0.353 e. The van der Waals surface area contributed by atoms with Crippen LogP contribution in [0.5, 0.6) is 0 Å². The first-order valence-electron chi connectivity index (χ1n) is 6.36. The molecule has 3 N–H and O–H groups in total. The molecule has 5 heteroatoms. The van der Waals surface area contributed by atoms with Crippen molar-refractivity contribution in [2.24, 2.45) is 11.7 Å². The monoisotopic (exact) mass is 241 g/mol. The van der Waals surface area contributed by atoms with Crippen LogP contribution < -0.4 is 11.1 Å². The van der Waals surface area contributed by atoms with E-state index >= 15 is 0 Å². The molecular weight excluding hydrogens is 218 g/mol. The van der Waals surface area contributed by atoms with E-state index in [9.17, 15) is 9.59 Å². The molecule has 0 aromatic rings. The zero-order chi connectivity index (χ0) is 13.0. The van der Waals surface area contributed by atoms with Crippen LogP contribution in [0.1, 0.15) is 33.6 Å². The third-order valence-corrected chi connectivity index (χ3v) is 3.54. The topological polar surface area (TPSA) is 75.4 Å². The number of amides is 2. The van der Waals surface area contributed by atoms with Crippen LogP contribution in [-0.4, -0.2) is 41.9 Å². The average Bonchev–Trinajstić information content (AvgIpc) is 2.35. The van der Waals surface area contributed by atoms with Crippen molar-refractivity contribution < 1.29 is 9.59 Å². The van der Waals surface area contributed by atoms with Gasteiger partial charge in [-0.25, -0.2) is 0 Å². The molecule has 0 aromatic heterocycles. The zero-order valence-electron chi connectivity index (χ0n) is 10.9. The van der Waals surface area contributed by atoms with Crippen LogP contribution in [0.4, 0.5) is 0 Å². The van der Waals surface area contributed by atoms with Crippen LogP contribution in [0.15, 0.2) is 0 Å². The van der Waals surface area contributed by atoms with E-state index in [1.165, 1.54) is 0 Å². The van der Waals surface area contributed by atoms with Gasteiger partial charge in [-0.1, -0.05) is 27.2 Å². The van der Waals surface area contributed by atoms with E-state index in [-0.39, 0.29) is 23.8 Å². The van der Waals surface area contributed by atoms with E-state index in [0.29, 0.717) is 19.5 Å². The fourth-order valence-corrected chi connectivity index (χ4v) is 2.07. The van der Waals surface area contributed by atoms with Gasteiger partial charge in [0.05, 0.1) is 6.04 Å². The van der Waals surface area contributed by atoms with Crippen molar-refractivity contribution in [1.29, 1.82) is 0 Å². The van der Waals surface area contributed by atoms with Gasteiger partial charge in [-0.2, -0.15) is 0 Å². The molecule has 0 spiro atoms. The van der Waals surface area contributed by atoms with Crippen LogP contribution in [0.3, 0.4) is 0 Å². The number of carbonyl (C=O) groups is 2. The zero-order valence-corrected chi connectivity index (χ0v) is 10.9. The molecule has 98 valence electrons. The molecule has 0 bridgehead atoms. The van der Waals surface area contributed by atoms with E-state index in [4.69, 9.17) is 5.73 Å². The SMILES string of the molecule is CCC1C(=O)NCCN1C(=O)[C@@H](N)[C@@H](C)CC. The molecule has 0 saturated carbocycles. The number of nitrogens with two attached hydrogens (primary N) is 1. The molecule has 0 radical (unpaired) electrons.